The molecule has 7 heteroatoms. The number of rotatable bonds is 4. The van der Waals surface area contributed by atoms with Gasteiger partial charge in [0.2, 0.25) is 0 Å². The molecule has 1 atom stereocenters. The van der Waals surface area contributed by atoms with Gasteiger partial charge in [-0.15, -0.1) is 0 Å². The molecule has 1 aromatic rings. The second kappa shape index (κ2) is 4.63. The van der Waals surface area contributed by atoms with Crippen LogP contribution >= 0.6 is 0 Å². The monoisotopic (exact) mass is 283 g/mol. The first-order valence-corrected chi connectivity index (χ1v) is 8.39. The fraction of sp³-hybridized carbons (Fsp3) is 0.667. The number of anilines is 1. The minimum Gasteiger partial charge on any atom is -0.365 e. The molecule has 104 valence electrons. The van der Waals surface area contributed by atoms with Gasteiger partial charge in [0.15, 0.2) is 15.7 Å². The van der Waals surface area contributed by atoms with Gasteiger partial charge in [0, 0.05) is 25.0 Å². The van der Waals surface area contributed by atoms with E-state index in [0.29, 0.717) is 24.8 Å². The summed E-state index contributed by atoms with van der Waals surface area (Å²) < 4.78 is 24.4. The molecule has 1 unspecified atom stereocenters. The Hall–Kier alpha value is -1.37. The third kappa shape index (κ3) is 2.80. The molecule has 3 rings (SSSR count). The Kier molecular flexibility index (Phi) is 3.08. The Morgan fingerprint density at radius 3 is 2.79 bits per heavy atom. The molecule has 0 spiro atoms. The molecule has 2 fully saturated rings. The maximum absolute atomic E-state index is 12.1. The molecule has 0 bridgehead atoms. The van der Waals surface area contributed by atoms with E-state index in [2.05, 4.69) is 10.3 Å². The number of nitrogens with zero attached hydrogens (tertiary/aromatic N) is 2. The highest BCUT2D eigenvalue weighted by Crippen LogP contribution is 2.33. The summed E-state index contributed by atoms with van der Waals surface area (Å²) in [7, 11) is -2.87. The number of nitrogens with one attached hydrogen (secondary N) is 1. The highest BCUT2D eigenvalue weighted by molar-refractivity contribution is 7.91. The van der Waals surface area contributed by atoms with Crippen molar-refractivity contribution in [2.75, 3.05) is 23.4 Å². The summed E-state index contributed by atoms with van der Waals surface area (Å²) in [5.74, 6) is 0.886. The van der Waals surface area contributed by atoms with Crippen molar-refractivity contribution in [2.45, 2.75) is 25.3 Å². The summed E-state index contributed by atoms with van der Waals surface area (Å²) >= 11 is 0. The first kappa shape index (κ1) is 12.7. The SMILES string of the molecule is O=c1c(NCC2CCS(=O)(=O)C2)nccn1C1CC1. The molecule has 2 aliphatic rings. The summed E-state index contributed by atoms with van der Waals surface area (Å²) in [6, 6.07) is 0.322. The predicted octanol–water partition coefficient (Wildman–Crippen LogP) is 0.425. The van der Waals surface area contributed by atoms with Gasteiger partial charge in [0.1, 0.15) is 0 Å². The van der Waals surface area contributed by atoms with Crippen LogP contribution in [0.2, 0.25) is 0 Å². The molecule has 19 heavy (non-hydrogen) atoms. The van der Waals surface area contributed by atoms with E-state index in [1.807, 2.05) is 0 Å². The zero-order valence-corrected chi connectivity index (χ0v) is 11.4. The van der Waals surface area contributed by atoms with Gasteiger partial charge in [-0.05, 0) is 25.2 Å². The van der Waals surface area contributed by atoms with E-state index < -0.39 is 9.84 Å². The van der Waals surface area contributed by atoms with Crippen molar-refractivity contribution in [2.24, 2.45) is 5.92 Å². The van der Waals surface area contributed by atoms with E-state index in [-0.39, 0.29) is 23.0 Å². The van der Waals surface area contributed by atoms with E-state index in [9.17, 15) is 13.2 Å². The van der Waals surface area contributed by atoms with E-state index in [4.69, 9.17) is 0 Å². The van der Waals surface area contributed by atoms with Crippen LogP contribution in [0.3, 0.4) is 0 Å². The van der Waals surface area contributed by atoms with E-state index in [1.54, 1.807) is 17.0 Å². The van der Waals surface area contributed by atoms with Crippen molar-refractivity contribution in [3.05, 3.63) is 22.7 Å². The number of aromatic nitrogens is 2. The molecule has 1 N–H and O–H groups in total. The lowest BCUT2D eigenvalue weighted by molar-refractivity contribution is 0.595. The Labute approximate surface area is 111 Å². The fourth-order valence-corrected chi connectivity index (χ4v) is 4.32. The Balaban J connectivity index is 1.67. The van der Waals surface area contributed by atoms with Gasteiger partial charge in [0.25, 0.3) is 5.56 Å². The summed E-state index contributed by atoms with van der Waals surface area (Å²) in [5, 5.41) is 3.01. The van der Waals surface area contributed by atoms with Crippen molar-refractivity contribution in [3.8, 4) is 0 Å². The van der Waals surface area contributed by atoms with Crippen LogP contribution in [0.25, 0.3) is 0 Å². The summed E-state index contributed by atoms with van der Waals surface area (Å²) in [6.45, 7) is 0.496. The van der Waals surface area contributed by atoms with Crippen molar-refractivity contribution >= 4 is 15.7 Å². The van der Waals surface area contributed by atoms with Crippen LogP contribution in [-0.4, -0.2) is 36.0 Å². The van der Waals surface area contributed by atoms with Crippen LogP contribution in [0.1, 0.15) is 25.3 Å². The molecule has 0 radical (unpaired) electrons. The average Bonchev–Trinajstić information content (AvgIpc) is 3.13. The number of hydrogen-bond acceptors (Lipinski definition) is 5. The zero-order chi connectivity index (χ0) is 13.5. The molecule has 0 amide bonds. The minimum absolute atomic E-state index is 0.0841. The largest absolute Gasteiger partial charge is 0.365 e. The van der Waals surface area contributed by atoms with Gasteiger partial charge in [-0.1, -0.05) is 0 Å². The smallest absolute Gasteiger partial charge is 0.293 e. The molecule has 2 heterocycles. The van der Waals surface area contributed by atoms with Crippen LogP contribution in [0.5, 0.6) is 0 Å². The quantitative estimate of drug-likeness (QED) is 0.866. The Bertz CT molecular complexity index is 634. The van der Waals surface area contributed by atoms with Gasteiger partial charge in [0.05, 0.1) is 11.5 Å². The molecule has 1 saturated carbocycles. The Morgan fingerprint density at radius 1 is 1.37 bits per heavy atom. The number of hydrogen-bond donors (Lipinski definition) is 1. The zero-order valence-electron chi connectivity index (χ0n) is 10.6. The molecular formula is C12H17N3O3S. The Morgan fingerprint density at radius 2 is 2.16 bits per heavy atom. The standard InChI is InChI=1S/C12H17N3O3S/c16-12-11(13-4-5-15(12)10-1-2-10)14-7-9-3-6-19(17,18)8-9/h4-5,9-10H,1-3,6-8H2,(H,13,14). The van der Waals surface area contributed by atoms with E-state index >= 15 is 0 Å². The van der Waals surface area contributed by atoms with Gasteiger partial charge < -0.3 is 9.88 Å². The maximum Gasteiger partial charge on any atom is 0.293 e. The lowest BCUT2D eigenvalue weighted by atomic mass is 10.1. The average molecular weight is 283 g/mol. The first-order valence-electron chi connectivity index (χ1n) is 6.56. The lowest BCUT2D eigenvalue weighted by Gasteiger charge is -2.11. The van der Waals surface area contributed by atoms with Gasteiger partial charge >= 0.3 is 0 Å². The minimum atomic E-state index is -2.87. The van der Waals surface area contributed by atoms with Gasteiger partial charge in [-0.2, -0.15) is 0 Å². The molecule has 0 aromatic carbocycles. The molecule has 1 aliphatic carbocycles. The second-order valence-corrected chi connectivity index (χ2v) is 7.60. The summed E-state index contributed by atoms with van der Waals surface area (Å²) in [5.41, 5.74) is -0.106. The summed E-state index contributed by atoms with van der Waals surface area (Å²) in [6.07, 6.45) is 6.09. The molecule has 1 aliphatic heterocycles. The molecular weight excluding hydrogens is 266 g/mol. The van der Waals surface area contributed by atoms with Gasteiger partial charge in [-0.3, -0.25) is 4.79 Å². The summed E-state index contributed by atoms with van der Waals surface area (Å²) in [4.78, 5) is 16.2. The van der Waals surface area contributed by atoms with Crippen LogP contribution in [0.4, 0.5) is 5.82 Å². The second-order valence-electron chi connectivity index (χ2n) is 5.37. The van der Waals surface area contributed by atoms with Crippen LogP contribution in [-0.2, 0) is 9.84 Å². The molecule has 1 aromatic heterocycles. The fourth-order valence-electron chi connectivity index (χ4n) is 2.46. The maximum atomic E-state index is 12.1. The van der Waals surface area contributed by atoms with Crippen LogP contribution in [0, 0.1) is 5.92 Å². The normalized spacial score (nSPS) is 25.4. The highest BCUT2D eigenvalue weighted by atomic mass is 32.2. The van der Waals surface area contributed by atoms with Crippen LogP contribution < -0.4 is 10.9 Å². The van der Waals surface area contributed by atoms with Crippen molar-refractivity contribution in [1.82, 2.24) is 9.55 Å². The van der Waals surface area contributed by atoms with Crippen LogP contribution in [0.15, 0.2) is 17.2 Å². The predicted molar refractivity (Wildman–Crippen MR) is 72.0 cm³/mol. The third-order valence-corrected chi connectivity index (χ3v) is 5.53. The van der Waals surface area contributed by atoms with E-state index in [1.165, 1.54) is 0 Å². The van der Waals surface area contributed by atoms with Crippen molar-refractivity contribution in [3.63, 3.8) is 0 Å². The number of sulfone groups is 1. The molecule has 1 saturated heterocycles. The first-order chi connectivity index (χ1) is 9.05. The van der Waals surface area contributed by atoms with Crippen molar-refractivity contribution < 1.29 is 8.42 Å². The third-order valence-electron chi connectivity index (χ3n) is 3.69. The topological polar surface area (TPSA) is 81.1 Å². The molecule has 6 nitrogen and oxygen atoms in total. The lowest BCUT2D eigenvalue weighted by Crippen LogP contribution is -2.26. The van der Waals surface area contributed by atoms with Crippen molar-refractivity contribution in [1.29, 1.82) is 0 Å². The van der Waals surface area contributed by atoms with Gasteiger partial charge in [-0.25, -0.2) is 13.4 Å². The van der Waals surface area contributed by atoms with E-state index in [0.717, 1.165) is 12.8 Å². The highest BCUT2D eigenvalue weighted by Gasteiger charge is 2.28.